The molecular weight excluding hydrogens is 288 g/mol. The highest BCUT2D eigenvalue weighted by atomic mass is 32.2. The molecule has 0 aromatic heterocycles. The van der Waals surface area contributed by atoms with Gasteiger partial charge in [0, 0.05) is 11.4 Å². The first-order valence-electron chi connectivity index (χ1n) is 6.37. The summed E-state index contributed by atoms with van der Waals surface area (Å²) in [6, 6.07) is 10.1. The van der Waals surface area contributed by atoms with Crippen molar-refractivity contribution < 1.29 is 13.2 Å². The Morgan fingerprint density at radius 2 is 1.86 bits per heavy atom. The quantitative estimate of drug-likeness (QED) is 0.851. The molecule has 0 aliphatic carbocycles. The summed E-state index contributed by atoms with van der Waals surface area (Å²) in [5.74, 6) is 0.266. The molecule has 2 rings (SSSR count). The van der Waals surface area contributed by atoms with E-state index in [9.17, 15) is 8.42 Å². The fourth-order valence-electron chi connectivity index (χ4n) is 1.97. The summed E-state index contributed by atoms with van der Waals surface area (Å²) in [4.78, 5) is 0.0228. The number of ether oxygens (including phenoxy) is 1. The van der Waals surface area contributed by atoms with Gasteiger partial charge in [0.1, 0.15) is 10.6 Å². The van der Waals surface area contributed by atoms with E-state index in [0.29, 0.717) is 11.4 Å². The SMILES string of the molecule is COc1cc(C)c(N)cc1S(=O)(=O)Nc1cccc(C)c1. The van der Waals surface area contributed by atoms with Crippen molar-refractivity contribution in [2.75, 3.05) is 17.6 Å². The van der Waals surface area contributed by atoms with Crippen LogP contribution in [0.4, 0.5) is 11.4 Å². The number of nitrogens with two attached hydrogens (primary N) is 1. The van der Waals surface area contributed by atoms with Crippen molar-refractivity contribution in [3.8, 4) is 5.75 Å². The zero-order chi connectivity index (χ0) is 15.6. The van der Waals surface area contributed by atoms with Crippen LogP contribution in [0.5, 0.6) is 5.75 Å². The third kappa shape index (κ3) is 3.28. The summed E-state index contributed by atoms with van der Waals surface area (Å²) in [6.45, 7) is 3.69. The maximum Gasteiger partial charge on any atom is 0.265 e. The van der Waals surface area contributed by atoms with Crippen molar-refractivity contribution in [1.82, 2.24) is 0 Å². The molecule has 0 aliphatic rings. The van der Waals surface area contributed by atoms with Gasteiger partial charge in [-0.3, -0.25) is 4.72 Å². The number of nitrogens with one attached hydrogen (secondary N) is 1. The summed E-state index contributed by atoms with van der Waals surface area (Å²) in [7, 11) is -2.34. The summed E-state index contributed by atoms with van der Waals surface area (Å²) >= 11 is 0. The standard InChI is InChI=1S/C15H18N2O3S/c1-10-5-4-6-12(7-10)17-21(18,19)15-9-13(16)11(2)8-14(15)20-3/h4-9,17H,16H2,1-3H3. The molecule has 0 radical (unpaired) electrons. The van der Waals surface area contributed by atoms with Crippen LogP contribution in [0.3, 0.4) is 0 Å². The van der Waals surface area contributed by atoms with Gasteiger partial charge < -0.3 is 10.5 Å². The van der Waals surface area contributed by atoms with E-state index in [1.165, 1.54) is 13.2 Å². The monoisotopic (exact) mass is 306 g/mol. The number of benzene rings is 2. The molecule has 0 saturated heterocycles. The molecule has 0 saturated carbocycles. The zero-order valence-corrected chi connectivity index (χ0v) is 13.0. The third-order valence-corrected chi connectivity index (χ3v) is 4.51. The largest absolute Gasteiger partial charge is 0.495 e. The number of aryl methyl sites for hydroxylation is 2. The van der Waals surface area contributed by atoms with Crippen LogP contribution < -0.4 is 15.2 Å². The van der Waals surface area contributed by atoms with Crippen molar-refractivity contribution in [3.05, 3.63) is 47.5 Å². The lowest BCUT2D eigenvalue weighted by Crippen LogP contribution is -2.15. The van der Waals surface area contributed by atoms with Crippen LogP contribution in [0.2, 0.25) is 0 Å². The van der Waals surface area contributed by atoms with Crippen LogP contribution in [-0.4, -0.2) is 15.5 Å². The highest BCUT2D eigenvalue weighted by molar-refractivity contribution is 7.92. The van der Waals surface area contributed by atoms with E-state index in [1.54, 1.807) is 31.2 Å². The topological polar surface area (TPSA) is 81.4 Å². The first-order valence-corrected chi connectivity index (χ1v) is 7.85. The number of rotatable bonds is 4. The second-order valence-electron chi connectivity index (χ2n) is 4.83. The normalized spacial score (nSPS) is 11.2. The fourth-order valence-corrected chi connectivity index (χ4v) is 3.20. The number of hydrogen-bond donors (Lipinski definition) is 2. The molecule has 6 heteroatoms. The molecule has 0 heterocycles. The summed E-state index contributed by atoms with van der Waals surface area (Å²) in [5, 5.41) is 0. The summed E-state index contributed by atoms with van der Waals surface area (Å²) in [6.07, 6.45) is 0. The number of hydrogen-bond acceptors (Lipinski definition) is 4. The number of nitrogen functional groups attached to an aromatic ring is 1. The minimum Gasteiger partial charge on any atom is -0.495 e. The molecular formula is C15H18N2O3S. The van der Waals surface area contributed by atoms with Gasteiger partial charge in [0.25, 0.3) is 10.0 Å². The minimum absolute atomic E-state index is 0.0228. The molecule has 2 aromatic rings. The molecule has 21 heavy (non-hydrogen) atoms. The molecule has 3 N–H and O–H groups in total. The van der Waals surface area contributed by atoms with E-state index in [1.807, 2.05) is 13.0 Å². The Labute approximate surface area is 124 Å². The average molecular weight is 306 g/mol. The fraction of sp³-hybridized carbons (Fsp3) is 0.200. The van der Waals surface area contributed by atoms with Crippen LogP contribution >= 0.6 is 0 Å². The highest BCUT2D eigenvalue weighted by Gasteiger charge is 2.21. The predicted octanol–water partition coefficient (Wildman–Crippen LogP) is 2.70. The molecule has 0 bridgehead atoms. The van der Waals surface area contributed by atoms with E-state index in [-0.39, 0.29) is 10.6 Å². The van der Waals surface area contributed by atoms with Gasteiger partial charge in [-0.2, -0.15) is 0 Å². The molecule has 5 nitrogen and oxygen atoms in total. The second-order valence-corrected chi connectivity index (χ2v) is 6.49. The third-order valence-electron chi connectivity index (χ3n) is 3.11. The molecule has 0 atom stereocenters. The molecule has 2 aromatic carbocycles. The summed E-state index contributed by atoms with van der Waals surface area (Å²) in [5.41, 5.74) is 8.44. The Hall–Kier alpha value is -2.21. The predicted molar refractivity (Wildman–Crippen MR) is 84.1 cm³/mol. The van der Waals surface area contributed by atoms with E-state index < -0.39 is 10.0 Å². The number of methoxy groups -OCH3 is 1. The Balaban J connectivity index is 2.47. The van der Waals surface area contributed by atoms with Gasteiger partial charge in [-0.15, -0.1) is 0 Å². The van der Waals surface area contributed by atoms with Crippen LogP contribution in [0.25, 0.3) is 0 Å². The van der Waals surface area contributed by atoms with E-state index in [0.717, 1.165) is 11.1 Å². The second kappa shape index (κ2) is 5.65. The van der Waals surface area contributed by atoms with Crippen LogP contribution in [-0.2, 0) is 10.0 Å². The Morgan fingerprint density at radius 1 is 1.14 bits per heavy atom. The van der Waals surface area contributed by atoms with Crippen LogP contribution in [0.15, 0.2) is 41.3 Å². The molecule has 0 fully saturated rings. The van der Waals surface area contributed by atoms with Gasteiger partial charge in [-0.1, -0.05) is 12.1 Å². The molecule has 0 amide bonds. The molecule has 0 spiro atoms. The lowest BCUT2D eigenvalue weighted by molar-refractivity contribution is 0.402. The maximum atomic E-state index is 12.5. The first kappa shape index (κ1) is 15.2. The highest BCUT2D eigenvalue weighted by Crippen LogP contribution is 2.30. The van der Waals surface area contributed by atoms with Crippen molar-refractivity contribution in [2.45, 2.75) is 18.7 Å². The van der Waals surface area contributed by atoms with Crippen molar-refractivity contribution in [3.63, 3.8) is 0 Å². The van der Waals surface area contributed by atoms with Gasteiger partial charge in [-0.05, 0) is 49.2 Å². The average Bonchev–Trinajstić information content (AvgIpc) is 2.40. The van der Waals surface area contributed by atoms with E-state index in [2.05, 4.69) is 4.72 Å². The van der Waals surface area contributed by atoms with Crippen molar-refractivity contribution in [2.24, 2.45) is 0 Å². The Bertz CT molecular complexity index is 770. The van der Waals surface area contributed by atoms with E-state index in [4.69, 9.17) is 10.5 Å². The Kier molecular flexibility index (Phi) is 4.09. The molecule has 0 unspecified atom stereocenters. The van der Waals surface area contributed by atoms with Crippen molar-refractivity contribution >= 4 is 21.4 Å². The van der Waals surface area contributed by atoms with Gasteiger partial charge in [0.15, 0.2) is 0 Å². The number of anilines is 2. The van der Waals surface area contributed by atoms with Gasteiger partial charge >= 0.3 is 0 Å². The van der Waals surface area contributed by atoms with Crippen LogP contribution in [0, 0.1) is 13.8 Å². The van der Waals surface area contributed by atoms with Crippen LogP contribution in [0.1, 0.15) is 11.1 Å². The molecule has 0 aliphatic heterocycles. The Morgan fingerprint density at radius 3 is 2.48 bits per heavy atom. The maximum absolute atomic E-state index is 12.5. The van der Waals surface area contributed by atoms with E-state index >= 15 is 0 Å². The lowest BCUT2D eigenvalue weighted by atomic mass is 10.2. The first-order chi connectivity index (χ1) is 9.83. The zero-order valence-electron chi connectivity index (χ0n) is 12.2. The smallest absolute Gasteiger partial charge is 0.265 e. The van der Waals surface area contributed by atoms with Crippen molar-refractivity contribution in [1.29, 1.82) is 0 Å². The summed E-state index contributed by atoms with van der Waals surface area (Å²) < 4.78 is 32.7. The van der Waals surface area contributed by atoms with Gasteiger partial charge in [0.2, 0.25) is 0 Å². The van der Waals surface area contributed by atoms with Gasteiger partial charge in [0.05, 0.1) is 7.11 Å². The number of sulfonamides is 1. The molecule has 112 valence electrons. The van der Waals surface area contributed by atoms with Gasteiger partial charge in [-0.25, -0.2) is 8.42 Å². The lowest BCUT2D eigenvalue weighted by Gasteiger charge is -2.14. The minimum atomic E-state index is -3.77.